The highest BCUT2D eigenvalue weighted by atomic mass is 32.2. The Kier molecular flexibility index (Phi) is 11.6. The minimum absolute atomic E-state index is 0.399. The van der Waals surface area contributed by atoms with Crippen LogP contribution in [0.25, 0.3) is 0 Å². The van der Waals surface area contributed by atoms with E-state index in [0.717, 1.165) is 29.3 Å². The highest BCUT2D eigenvalue weighted by Crippen LogP contribution is 2.23. The fraction of sp³-hybridized carbons (Fsp3) is 0.400. The molecule has 0 aliphatic heterocycles. The third-order valence-corrected chi connectivity index (χ3v) is 6.94. The van der Waals surface area contributed by atoms with E-state index in [1.54, 1.807) is 36.5 Å². The van der Waals surface area contributed by atoms with Crippen LogP contribution in [0.5, 0.6) is 5.75 Å². The van der Waals surface area contributed by atoms with Gasteiger partial charge in [0.2, 0.25) is 0 Å². The summed E-state index contributed by atoms with van der Waals surface area (Å²) in [5.41, 5.74) is 1.67. The van der Waals surface area contributed by atoms with E-state index < -0.39 is 11.4 Å². The van der Waals surface area contributed by atoms with Gasteiger partial charge in [-0.15, -0.1) is 22.0 Å². The maximum atomic E-state index is 10.6. The van der Waals surface area contributed by atoms with Crippen LogP contribution in [0.1, 0.15) is 56.9 Å². The van der Waals surface area contributed by atoms with Crippen molar-refractivity contribution in [2.75, 3.05) is 17.3 Å². The number of thioether (sulfide) groups is 1. The van der Waals surface area contributed by atoms with Crippen LogP contribution in [-0.2, 0) is 11.4 Å². The van der Waals surface area contributed by atoms with Gasteiger partial charge in [0, 0.05) is 11.4 Å². The lowest BCUT2D eigenvalue weighted by Gasteiger charge is -2.24. The third kappa shape index (κ3) is 9.72. The van der Waals surface area contributed by atoms with E-state index in [9.17, 15) is 4.21 Å². The number of nitrogens with zero attached hydrogens (tertiary/aromatic N) is 5. The molecule has 0 radical (unpaired) electrons. The molecule has 0 amide bonds. The Hall–Kier alpha value is -2.87. The van der Waals surface area contributed by atoms with Gasteiger partial charge in [-0.25, -0.2) is 4.68 Å². The molecular weight excluding hydrogens is 482 g/mol. The molecule has 1 heterocycles. The zero-order valence-electron chi connectivity index (χ0n) is 19.7. The Bertz CT molecular complexity index is 1050. The van der Waals surface area contributed by atoms with E-state index in [4.69, 9.17) is 14.0 Å². The minimum Gasteiger partial charge on any atom is -0.380 e. The maximum Gasteiger partial charge on any atom is 0.357 e. The fourth-order valence-electron chi connectivity index (χ4n) is 3.69. The van der Waals surface area contributed by atoms with Crippen LogP contribution >= 0.6 is 11.8 Å². The first-order chi connectivity index (χ1) is 17.2. The largest absolute Gasteiger partial charge is 0.380 e. The predicted molar refractivity (Wildman–Crippen MR) is 139 cm³/mol. The number of hydrogen-bond acceptors (Lipinski definition) is 7. The molecule has 35 heavy (non-hydrogen) atoms. The lowest BCUT2D eigenvalue weighted by atomic mass is 10.1. The van der Waals surface area contributed by atoms with Crippen molar-refractivity contribution >= 4 is 28.8 Å². The normalized spacial score (nSPS) is 11.7. The summed E-state index contributed by atoms with van der Waals surface area (Å²) in [6.07, 6.45) is 13.1. The second-order valence-electron chi connectivity index (χ2n) is 8.07. The van der Waals surface area contributed by atoms with Crippen molar-refractivity contribution in [2.45, 2.75) is 56.3 Å². The molecule has 0 bridgehead atoms. The molecule has 0 aliphatic rings. The Morgan fingerprint density at radius 1 is 0.914 bits per heavy atom. The standard InChI is InChI=1S/C25H31N5O3S2/c26-19-22-9-11-23(12-10-22)30(29-20-27-28-21-29)17-7-5-3-1-2-4-6-8-18-34-25-15-13-24(14-16-25)33-35(31)32/h9-16,20-21H,1-8,17-18H2,(H,31,32). The topological polar surface area (TPSA) is 104 Å². The lowest BCUT2D eigenvalue weighted by molar-refractivity contribution is 0.458. The minimum atomic E-state index is -2.28. The van der Waals surface area contributed by atoms with E-state index >= 15 is 0 Å². The average molecular weight is 514 g/mol. The first-order valence-corrected chi connectivity index (χ1v) is 13.8. The van der Waals surface area contributed by atoms with Gasteiger partial charge in [-0.1, -0.05) is 38.5 Å². The Morgan fingerprint density at radius 3 is 2.11 bits per heavy atom. The van der Waals surface area contributed by atoms with Crippen LogP contribution in [0.4, 0.5) is 5.69 Å². The molecule has 1 atom stereocenters. The Morgan fingerprint density at radius 2 is 1.51 bits per heavy atom. The molecule has 2 aromatic carbocycles. The zero-order chi connectivity index (χ0) is 24.7. The Labute approximate surface area is 213 Å². The number of aromatic nitrogens is 3. The van der Waals surface area contributed by atoms with Gasteiger partial charge in [0.05, 0.1) is 17.3 Å². The van der Waals surface area contributed by atoms with Gasteiger partial charge in [0.15, 0.2) is 0 Å². The summed E-state index contributed by atoms with van der Waals surface area (Å²) in [4.78, 5) is 1.14. The number of hydrogen-bond donors (Lipinski definition) is 1. The first-order valence-electron chi connectivity index (χ1n) is 11.8. The van der Waals surface area contributed by atoms with Crippen molar-refractivity contribution in [3.63, 3.8) is 0 Å². The summed E-state index contributed by atoms with van der Waals surface area (Å²) in [7, 11) is 0. The molecule has 0 spiro atoms. The second kappa shape index (κ2) is 15.2. The van der Waals surface area contributed by atoms with Gasteiger partial charge in [0.25, 0.3) is 0 Å². The van der Waals surface area contributed by atoms with Crippen molar-refractivity contribution in [1.29, 1.82) is 5.26 Å². The molecule has 3 aromatic rings. The van der Waals surface area contributed by atoms with Crippen LogP contribution in [0.15, 0.2) is 66.1 Å². The van der Waals surface area contributed by atoms with Crippen LogP contribution in [0, 0.1) is 11.3 Å². The number of benzene rings is 2. The first kappa shape index (κ1) is 26.7. The molecule has 186 valence electrons. The monoisotopic (exact) mass is 513 g/mol. The van der Waals surface area contributed by atoms with Crippen molar-refractivity contribution in [2.24, 2.45) is 0 Å². The van der Waals surface area contributed by atoms with E-state index in [2.05, 4.69) is 21.3 Å². The molecule has 0 saturated heterocycles. The Balaban J connectivity index is 1.24. The van der Waals surface area contributed by atoms with Gasteiger partial charge in [-0.2, -0.15) is 9.47 Å². The van der Waals surface area contributed by atoms with Crippen molar-refractivity contribution < 1.29 is 12.9 Å². The van der Waals surface area contributed by atoms with Gasteiger partial charge in [0.1, 0.15) is 18.4 Å². The molecule has 0 aliphatic carbocycles. The van der Waals surface area contributed by atoms with Crippen LogP contribution in [0.2, 0.25) is 0 Å². The highest BCUT2D eigenvalue weighted by Gasteiger charge is 2.09. The van der Waals surface area contributed by atoms with Crippen molar-refractivity contribution in [1.82, 2.24) is 14.9 Å². The predicted octanol–water partition coefficient (Wildman–Crippen LogP) is 5.85. The molecule has 0 saturated carbocycles. The van der Waals surface area contributed by atoms with Crippen molar-refractivity contribution in [3.05, 3.63) is 66.7 Å². The summed E-state index contributed by atoms with van der Waals surface area (Å²) >= 11 is -0.478. The van der Waals surface area contributed by atoms with E-state index in [0.29, 0.717) is 11.3 Å². The quantitative estimate of drug-likeness (QED) is 0.145. The van der Waals surface area contributed by atoms with Crippen molar-refractivity contribution in [3.8, 4) is 11.8 Å². The van der Waals surface area contributed by atoms with E-state index in [1.165, 1.54) is 44.9 Å². The lowest BCUT2D eigenvalue weighted by Crippen LogP contribution is -2.29. The molecule has 1 N–H and O–H groups in total. The average Bonchev–Trinajstić information content (AvgIpc) is 3.40. The van der Waals surface area contributed by atoms with E-state index in [-0.39, 0.29) is 0 Å². The smallest absolute Gasteiger partial charge is 0.357 e. The van der Waals surface area contributed by atoms with Crippen LogP contribution in [0.3, 0.4) is 0 Å². The molecule has 3 rings (SSSR count). The van der Waals surface area contributed by atoms with E-state index in [1.807, 2.05) is 41.1 Å². The number of anilines is 1. The molecule has 0 fully saturated rings. The second-order valence-corrected chi connectivity index (χ2v) is 9.84. The maximum absolute atomic E-state index is 10.6. The summed E-state index contributed by atoms with van der Waals surface area (Å²) in [5, 5.41) is 19.0. The van der Waals surface area contributed by atoms with Gasteiger partial charge in [-0.05, 0) is 67.1 Å². The highest BCUT2D eigenvalue weighted by molar-refractivity contribution is 7.99. The third-order valence-electron chi connectivity index (χ3n) is 5.50. The summed E-state index contributed by atoms with van der Waals surface area (Å²) in [5.74, 6) is 1.47. The van der Waals surface area contributed by atoms with Crippen LogP contribution < -0.4 is 9.19 Å². The fourth-order valence-corrected chi connectivity index (χ4v) is 4.88. The molecule has 1 aromatic heterocycles. The van der Waals surface area contributed by atoms with Gasteiger partial charge >= 0.3 is 11.4 Å². The number of nitriles is 1. The van der Waals surface area contributed by atoms with Crippen LogP contribution in [-0.4, -0.2) is 35.9 Å². The summed E-state index contributed by atoms with van der Waals surface area (Å²) in [6.45, 7) is 0.867. The van der Waals surface area contributed by atoms with Gasteiger partial charge in [-0.3, -0.25) is 9.56 Å². The SMILES string of the molecule is N#Cc1ccc(N(CCCCCCCCCCSc2ccc(OS(=O)O)cc2)n2cnnc2)cc1. The molecule has 8 nitrogen and oxygen atoms in total. The number of unbranched alkanes of at least 4 members (excludes halogenated alkanes) is 7. The molecular formula is C25H31N5O3S2. The summed E-state index contributed by atoms with van der Waals surface area (Å²) < 4.78 is 26.0. The molecule has 10 heteroatoms. The number of rotatable bonds is 16. The zero-order valence-corrected chi connectivity index (χ0v) is 21.3. The molecule has 1 unspecified atom stereocenters. The summed E-state index contributed by atoms with van der Waals surface area (Å²) in [6, 6.07) is 17.0. The van der Waals surface area contributed by atoms with Gasteiger partial charge < -0.3 is 4.18 Å².